The van der Waals surface area contributed by atoms with Gasteiger partial charge in [-0.2, -0.15) is 0 Å². The average Bonchev–Trinajstić information content (AvgIpc) is 2.97. The third kappa shape index (κ3) is 5.59. The summed E-state index contributed by atoms with van der Waals surface area (Å²) >= 11 is 6.21. The predicted molar refractivity (Wildman–Crippen MR) is 163 cm³/mol. The highest BCUT2D eigenvalue weighted by molar-refractivity contribution is 6.30. The molecule has 5 aromatic carbocycles. The third-order valence-electron chi connectivity index (χ3n) is 6.78. The summed E-state index contributed by atoms with van der Waals surface area (Å²) in [5, 5.41) is 3.12. The van der Waals surface area contributed by atoms with Crippen molar-refractivity contribution in [2.24, 2.45) is 5.92 Å². The second kappa shape index (κ2) is 10.8. The first-order chi connectivity index (χ1) is 19.0. The maximum atomic E-state index is 6.21. The number of rotatable bonds is 6. The maximum Gasteiger partial charge on any atom is 0.164 e. The van der Waals surface area contributed by atoms with Crippen LogP contribution in [0.3, 0.4) is 0 Å². The van der Waals surface area contributed by atoms with Crippen LogP contribution in [0.2, 0.25) is 5.02 Å². The molecule has 0 aliphatic carbocycles. The van der Waals surface area contributed by atoms with Crippen molar-refractivity contribution in [2.45, 2.75) is 20.3 Å². The highest BCUT2D eigenvalue weighted by Gasteiger charge is 2.13. The first-order valence-corrected chi connectivity index (χ1v) is 13.6. The van der Waals surface area contributed by atoms with Crippen molar-refractivity contribution in [3.63, 3.8) is 0 Å². The van der Waals surface area contributed by atoms with Crippen molar-refractivity contribution >= 4 is 22.4 Å². The Morgan fingerprint density at radius 3 is 1.79 bits per heavy atom. The predicted octanol–water partition coefficient (Wildman–Crippen LogP) is 9.54. The van der Waals surface area contributed by atoms with E-state index < -0.39 is 0 Å². The van der Waals surface area contributed by atoms with Crippen molar-refractivity contribution in [3.05, 3.63) is 126 Å². The van der Waals surface area contributed by atoms with Gasteiger partial charge in [0.1, 0.15) is 0 Å². The molecule has 4 heteroatoms. The van der Waals surface area contributed by atoms with E-state index in [-0.39, 0.29) is 0 Å². The number of hydrogen-bond acceptors (Lipinski definition) is 3. The number of aromatic nitrogens is 3. The lowest BCUT2D eigenvalue weighted by Crippen LogP contribution is -2.00. The molecule has 0 aliphatic rings. The Balaban J connectivity index is 1.44. The first kappa shape index (κ1) is 25.0. The molecule has 0 spiro atoms. The van der Waals surface area contributed by atoms with Gasteiger partial charge >= 0.3 is 0 Å². The number of benzene rings is 5. The molecule has 0 unspecified atom stereocenters. The molecule has 0 fully saturated rings. The van der Waals surface area contributed by atoms with Crippen LogP contribution in [0, 0.1) is 5.92 Å². The van der Waals surface area contributed by atoms with Gasteiger partial charge < -0.3 is 0 Å². The molecule has 0 atom stereocenters. The molecule has 0 bridgehead atoms. The van der Waals surface area contributed by atoms with Crippen molar-refractivity contribution in [3.8, 4) is 45.3 Å². The highest BCUT2D eigenvalue weighted by Crippen LogP contribution is 2.29. The van der Waals surface area contributed by atoms with Gasteiger partial charge in [0, 0.05) is 21.7 Å². The van der Waals surface area contributed by atoms with E-state index in [4.69, 9.17) is 26.6 Å². The Labute approximate surface area is 234 Å². The summed E-state index contributed by atoms with van der Waals surface area (Å²) in [5.41, 5.74) is 6.37. The van der Waals surface area contributed by atoms with Gasteiger partial charge in [-0.25, -0.2) is 15.0 Å². The van der Waals surface area contributed by atoms with Gasteiger partial charge in [-0.1, -0.05) is 123 Å². The number of nitrogens with zero attached hydrogens (tertiary/aromatic N) is 3. The van der Waals surface area contributed by atoms with Crippen LogP contribution in [-0.2, 0) is 6.42 Å². The standard InChI is InChI=1S/C35H28ClN3/c1-23(2)19-24-11-12-26-15-18-30(21-31(26)20-24)35-38-33(27-7-4-3-5-8-27)37-34(39-35)28-16-13-25(14-17-28)29-9-6-10-32(36)22-29/h3-18,20-23H,19H2,1-2H3. The lowest BCUT2D eigenvalue weighted by Gasteiger charge is -2.11. The normalized spacial score (nSPS) is 11.3. The molecule has 1 heterocycles. The van der Waals surface area contributed by atoms with E-state index in [1.54, 1.807) is 0 Å². The molecule has 0 amide bonds. The van der Waals surface area contributed by atoms with Gasteiger partial charge in [0.15, 0.2) is 17.5 Å². The Morgan fingerprint density at radius 1 is 0.513 bits per heavy atom. The fourth-order valence-corrected chi connectivity index (χ4v) is 5.05. The van der Waals surface area contributed by atoms with E-state index in [0.717, 1.165) is 39.3 Å². The maximum absolute atomic E-state index is 6.21. The molecule has 0 saturated heterocycles. The molecule has 0 saturated carbocycles. The van der Waals surface area contributed by atoms with Crippen LogP contribution in [0.25, 0.3) is 56.1 Å². The fraction of sp³-hybridized carbons (Fsp3) is 0.114. The topological polar surface area (TPSA) is 38.7 Å². The lowest BCUT2D eigenvalue weighted by atomic mass is 9.98. The van der Waals surface area contributed by atoms with Crippen LogP contribution in [0.15, 0.2) is 115 Å². The monoisotopic (exact) mass is 525 g/mol. The van der Waals surface area contributed by atoms with Crippen molar-refractivity contribution in [1.29, 1.82) is 0 Å². The molecule has 0 N–H and O–H groups in total. The van der Waals surface area contributed by atoms with Crippen LogP contribution in [0.5, 0.6) is 0 Å². The minimum absolute atomic E-state index is 0.607. The summed E-state index contributed by atoms with van der Waals surface area (Å²) in [6.07, 6.45) is 1.05. The SMILES string of the molecule is CC(C)Cc1ccc2ccc(-c3nc(-c4ccccc4)nc(-c4ccc(-c5cccc(Cl)c5)cc4)n3)cc2c1. The Hall–Kier alpha value is -4.34. The Bertz CT molecular complexity index is 1760. The highest BCUT2D eigenvalue weighted by atomic mass is 35.5. The second-order valence-electron chi connectivity index (χ2n) is 10.3. The van der Waals surface area contributed by atoms with Gasteiger partial charge in [0.05, 0.1) is 0 Å². The summed E-state index contributed by atoms with van der Waals surface area (Å²) in [5.74, 6) is 2.57. The summed E-state index contributed by atoms with van der Waals surface area (Å²) < 4.78 is 0. The minimum Gasteiger partial charge on any atom is -0.208 e. The van der Waals surface area contributed by atoms with E-state index in [9.17, 15) is 0 Å². The largest absolute Gasteiger partial charge is 0.208 e. The summed E-state index contributed by atoms with van der Waals surface area (Å²) in [4.78, 5) is 14.7. The van der Waals surface area contributed by atoms with Gasteiger partial charge in [-0.3, -0.25) is 0 Å². The number of halogens is 1. The van der Waals surface area contributed by atoms with Crippen molar-refractivity contribution in [2.75, 3.05) is 0 Å². The number of hydrogen-bond donors (Lipinski definition) is 0. The quantitative estimate of drug-likeness (QED) is 0.217. The zero-order valence-electron chi connectivity index (χ0n) is 22.0. The van der Waals surface area contributed by atoms with Crippen LogP contribution in [0.4, 0.5) is 0 Å². The minimum atomic E-state index is 0.607. The van der Waals surface area contributed by atoms with E-state index in [1.165, 1.54) is 16.3 Å². The van der Waals surface area contributed by atoms with E-state index in [2.05, 4.69) is 80.6 Å². The molecule has 0 aliphatic heterocycles. The van der Waals surface area contributed by atoms with Crippen molar-refractivity contribution in [1.82, 2.24) is 15.0 Å². The fourth-order valence-electron chi connectivity index (χ4n) is 4.86. The molecular weight excluding hydrogens is 498 g/mol. The molecule has 190 valence electrons. The molecule has 1 aromatic heterocycles. The number of fused-ring (bicyclic) bond motifs is 1. The second-order valence-corrected chi connectivity index (χ2v) is 10.7. The van der Waals surface area contributed by atoms with E-state index in [1.807, 2.05) is 48.5 Å². The summed E-state index contributed by atoms with van der Waals surface area (Å²) in [6.45, 7) is 4.50. The van der Waals surface area contributed by atoms with Crippen LogP contribution in [0.1, 0.15) is 19.4 Å². The zero-order valence-corrected chi connectivity index (χ0v) is 22.7. The Kier molecular flexibility index (Phi) is 6.91. The molecule has 6 aromatic rings. The van der Waals surface area contributed by atoms with Gasteiger partial charge in [0.25, 0.3) is 0 Å². The average molecular weight is 526 g/mol. The van der Waals surface area contributed by atoms with Crippen molar-refractivity contribution < 1.29 is 0 Å². The zero-order chi connectivity index (χ0) is 26.8. The molecular formula is C35H28ClN3. The van der Waals surface area contributed by atoms with Crippen LogP contribution < -0.4 is 0 Å². The first-order valence-electron chi connectivity index (χ1n) is 13.2. The van der Waals surface area contributed by atoms with Gasteiger partial charge in [-0.15, -0.1) is 0 Å². The lowest BCUT2D eigenvalue weighted by molar-refractivity contribution is 0.648. The summed E-state index contributed by atoms with van der Waals surface area (Å²) in [6, 6.07) is 39.4. The van der Waals surface area contributed by atoms with Gasteiger partial charge in [-0.05, 0) is 58.0 Å². The third-order valence-corrected chi connectivity index (χ3v) is 7.01. The van der Waals surface area contributed by atoms with Crippen LogP contribution in [-0.4, -0.2) is 15.0 Å². The van der Waals surface area contributed by atoms with E-state index in [0.29, 0.717) is 23.4 Å². The molecule has 39 heavy (non-hydrogen) atoms. The molecule has 0 radical (unpaired) electrons. The van der Waals surface area contributed by atoms with Crippen LogP contribution >= 0.6 is 11.6 Å². The van der Waals surface area contributed by atoms with E-state index >= 15 is 0 Å². The summed E-state index contributed by atoms with van der Waals surface area (Å²) in [7, 11) is 0. The smallest absolute Gasteiger partial charge is 0.164 e. The van der Waals surface area contributed by atoms with Gasteiger partial charge in [0.2, 0.25) is 0 Å². The molecule has 6 rings (SSSR count). The Morgan fingerprint density at radius 2 is 1.10 bits per heavy atom. The molecule has 3 nitrogen and oxygen atoms in total.